The van der Waals surface area contributed by atoms with Crippen molar-refractivity contribution < 1.29 is 9.15 Å². The number of rotatable bonds is 6. The lowest BCUT2D eigenvalue weighted by atomic mass is 9.99. The predicted octanol–water partition coefficient (Wildman–Crippen LogP) is 5.20. The van der Waals surface area contributed by atoms with Crippen LogP contribution < -0.4 is 4.74 Å². The van der Waals surface area contributed by atoms with Gasteiger partial charge in [0.25, 0.3) is 5.89 Å². The van der Waals surface area contributed by atoms with Gasteiger partial charge in [-0.05, 0) is 63.5 Å². The molecule has 3 aromatic heterocycles. The van der Waals surface area contributed by atoms with E-state index in [-0.39, 0.29) is 0 Å². The molecule has 0 bridgehead atoms. The molecule has 0 aliphatic heterocycles. The molecule has 0 radical (unpaired) electrons. The summed E-state index contributed by atoms with van der Waals surface area (Å²) < 4.78 is 11.7. The van der Waals surface area contributed by atoms with Gasteiger partial charge in [-0.25, -0.2) is 15.1 Å². The fourth-order valence-electron chi connectivity index (χ4n) is 3.73. The SMILES string of the molecule is C=C(c1ccc(OCc2ccc3ccccc3n2)cc1)c1ccc2nc(-c3nnn[nH]3)oc2c1. The third-order valence-corrected chi connectivity index (χ3v) is 5.53. The molecule has 1 N–H and O–H groups in total. The van der Waals surface area contributed by atoms with Crippen molar-refractivity contribution in [2.45, 2.75) is 6.61 Å². The third-order valence-electron chi connectivity index (χ3n) is 5.53. The molecule has 0 spiro atoms. The summed E-state index contributed by atoms with van der Waals surface area (Å²) in [5, 5.41) is 14.7. The number of pyridine rings is 1. The number of aromatic nitrogens is 6. The van der Waals surface area contributed by atoms with E-state index in [0.717, 1.165) is 39.0 Å². The standard InChI is InChI=1S/C26H18N6O2/c1-16(19-9-13-23-24(14-19)34-26(28-23)25-29-31-32-30-25)17-7-11-21(12-8-17)33-15-20-10-6-18-4-2-3-5-22(18)27-20/h2-14H,1,15H2,(H,29,30,31,32). The molecule has 0 saturated heterocycles. The van der Waals surface area contributed by atoms with Gasteiger partial charge in [0, 0.05) is 5.39 Å². The van der Waals surface area contributed by atoms with Crippen LogP contribution in [-0.4, -0.2) is 30.6 Å². The van der Waals surface area contributed by atoms with Gasteiger partial charge in [-0.1, -0.05) is 49.0 Å². The molecule has 0 amide bonds. The quantitative estimate of drug-likeness (QED) is 0.375. The van der Waals surface area contributed by atoms with Gasteiger partial charge in [0.2, 0.25) is 5.82 Å². The first-order valence-corrected chi connectivity index (χ1v) is 10.6. The number of tetrazole rings is 1. The summed E-state index contributed by atoms with van der Waals surface area (Å²) in [6.45, 7) is 4.66. The van der Waals surface area contributed by atoms with Gasteiger partial charge < -0.3 is 9.15 Å². The van der Waals surface area contributed by atoms with E-state index in [1.807, 2.05) is 72.8 Å². The van der Waals surface area contributed by atoms with Crippen molar-refractivity contribution in [1.29, 1.82) is 0 Å². The molecule has 0 saturated carbocycles. The number of oxazole rings is 1. The minimum absolute atomic E-state index is 0.338. The van der Waals surface area contributed by atoms with Crippen LogP contribution in [0, 0.1) is 0 Å². The first-order chi connectivity index (χ1) is 16.7. The molecule has 0 atom stereocenters. The fourth-order valence-corrected chi connectivity index (χ4v) is 3.73. The molecular weight excluding hydrogens is 428 g/mol. The average Bonchev–Trinajstić information content (AvgIpc) is 3.57. The molecule has 3 heterocycles. The second-order valence-electron chi connectivity index (χ2n) is 7.74. The van der Waals surface area contributed by atoms with Gasteiger partial charge in [-0.15, -0.1) is 5.10 Å². The van der Waals surface area contributed by atoms with Crippen molar-refractivity contribution in [3.05, 3.63) is 102 Å². The minimum atomic E-state index is 0.338. The highest BCUT2D eigenvalue weighted by molar-refractivity contribution is 5.85. The van der Waals surface area contributed by atoms with E-state index >= 15 is 0 Å². The molecule has 8 nitrogen and oxygen atoms in total. The number of nitrogens with zero attached hydrogens (tertiary/aromatic N) is 5. The lowest BCUT2D eigenvalue weighted by Crippen LogP contribution is -1.98. The zero-order valence-corrected chi connectivity index (χ0v) is 18.0. The molecule has 34 heavy (non-hydrogen) atoms. The monoisotopic (exact) mass is 446 g/mol. The van der Waals surface area contributed by atoms with Crippen LogP contribution in [0.3, 0.4) is 0 Å². The van der Waals surface area contributed by atoms with Gasteiger partial charge in [0.05, 0.1) is 11.2 Å². The zero-order chi connectivity index (χ0) is 22.9. The highest BCUT2D eigenvalue weighted by Gasteiger charge is 2.13. The summed E-state index contributed by atoms with van der Waals surface area (Å²) in [5.41, 5.74) is 5.97. The highest BCUT2D eigenvalue weighted by Crippen LogP contribution is 2.28. The van der Waals surface area contributed by atoms with Crippen LogP contribution in [0.15, 0.2) is 89.9 Å². The number of hydrogen-bond acceptors (Lipinski definition) is 7. The van der Waals surface area contributed by atoms with Crippen LogP contribution in [-0.2, 0) is 6.61 Å². The maximum absolute atomic E-state index is 5.94. The molecule has 6 rings (SSSR count). The number of benzene rings is 3. The lowest BCUT2D eigenvalue weighted by Gasteiger charge is -2.09. The molecule has 164 valence electrons. The van der Waals surface area contributed by atoms with E-state index in [4.69, 9.17) is 9.15 Å². The van der Waals surface area contributed by atoms with E-state index < -0.39 is 0 Å². The summed E-state index contributed by atoms with van der Waals surface area (Å²) in [6.07, 6.45) is 0. The van der Waals surface area contributed by atoms with E-state index in [9.17, 15) is 0 Å². The van der Waals surface area contributed by atoms with Crippen molar-refractivity contribution >= 4 is 27.6 Å². The van der Waals surface area contributed by atoms with Gasteiger partial charge in [-0.2, -0.15) is 0 Å². The van der Waals surface area contributed by atoms with E-state index in [0.29, 0.717) is 29.4 Å². The number of aromatic amines is 1. The van der Waals surface area contributed by atoms with Crippen LogP contribution in [0.25, 0.3) is 39.3 Å². The van der Waals surface area contributed by atoms with Crippen molar-refractivity contribution in [3.8, 4) is 17.5 Å². The van der Waals surface area contributed by atoms with Crippen LogP contribution in [0.4, 0.5) is 0 Å². The number of H-pyrrole nitrogens is 1. The fraction of sp³-hybridized carbons (Fsp3) is 0.0385. The Bertz CT molecular complexity index is 1620. The Morgan fingerprint density at radius 2 is 1.74 bits per heavy atom. The second kappa shape index (κ2) is 8.25. The first kappa shape index (κ1) is 19.8. The van der Waals surface area contributed by atoms with Crippen LogP contribution in [0.2, 0.25) is 0 Å². The summed E-state index contributed by atoms with van der Waals surface area (Å²) in [7, 11) is 0. The van der Waals surface area contributed by atoms with Crippen LogP contribution in [0.1, 0.15) is 16.8 Å². The number of nitrogens with one attached hydrogen (secondary N) is 1. The van der Waals surface area contributed by atoms with Crippen molar-refractivity contribution in [2.75, 3.05) is 0 Å². The first-order valence-electron chi connectivity index (χ1n) is 10.6. The largest absolute Gasteiger partial charge is 0.487 e. The molecule has 0 aliphatic rings. The second-order valence-corrected chi connectivity index (χ2v) is 7.74. The lowest BCUT2D eigenvalue weighted by molar-refractivity contribution is 0.302. The number of fused-ring (bicyclic) bond motifs is 2. The average molecular weight is 446 g/mol. The topological polar surface area (TPSA) is 103 Å². The third kappa shape index (κ3) is 3.77. The summed E-state index contributed by atoms with van der Waals surface area (Å²) in [4.78, 5) is 9.06. The number of ether oxygens (including phenoxy) is 1. The van der Waals surface area contributed by atoms with Gasteiger partial charge in [-0.3, -0.25) is 0 Å². The summed E-state index contributed by atoms with van der Waals surface area (Å²) >= 11 is 0. The Morgan fingerprint density at radius 1 is 0.882 bits per heavy atom. The number of hydrogen-bond donors (Lipinski definition) is 1. The predicted molar refractivity (Wildman–Crippen MR) is 128 cm³/mol. The molecular formula is C26H18N6O2. The van der Waals surface area contributed by atoms with Crippen molar-refractivity contribution in [3.63, 3.8) is 0 Å². The highest BCUT2D eigenvalue weighted by atomic mass is 16.5. The van der Waals surface area contributed by atoms with Crippen molar-refractivity contribution in [2.24, 2.45) is 0 Å². The van der Waals surface area contributed by atoms with E-state index in [2.05, 4.69) is 43.2 Å². The molecule has 6 aromatic rings. The maximum Gasteiger partial charge on any atom is 0.267 e. The normalized spacial score (nSPS) is 11.2. The maximum atomic E-state index is 5.94. The summed E-state index contributed by atoms with van der Waals surface area (Å²) in [6, 6.07) is 25.7. The Labute approximate surface area is 193 Å². The number of para-hydroxylation sites is 1. The van der Waals surface area contributed by atoms with Gasteiger partial charge in [0.15, 0.2) is 5.58 Å². The van der Waals surface area contributed by atoms with Crippen LogP contribution in [0.5, 0.6) is 5.75 Å². The Morgan fingerprint density at radius 3 is 2.59 bits per heavy atom. The smallest absolute Gasteiger partial charge is 0.267 e. The molecule has 0 fully saturated rings. The van der Waals surface area contributed by atoms with Crippen molar-refractivity contribution in [1.82, 2.24) is 30.6 Å². The molecule has 3 aromatic carbocycles. The molecule has 8 heteroatoms. The van der Waals surface area contributed by atoms with E-state index in [1.165, 1.54) is 0 Å². The zero-order valence-electron chi connectivity index (χ0n) is 18.0. The minimum Gasteiger partial charge on any atom is -0.487 e. The molecule has 0 unspecified atom stereocenters. The molecule has 0 aliphatic carbocycles. The Balaban J connectivity index is 1.17. The van der Waals surface area contributed by atoms with Crippen LogP contribution >= 0.6 is 0 Å². The van der Waals surface area contributed by atoms with E-state index in [1.54, 1.807) is 0 Å². The van der Waals surface area contributed by atoms with Gasteiger partial charge >= 0.3 is 0 Å². The van der Waals surface area contributed by atoms with Gasteiger partial charge in [0.1, 0.15) is 17.9 Å². The Kier molecular flexibility index (Phi) is 4.81. The Hall–Kier alpha value is -4.85. The summed E-state index contributed by atoms with van der Waals surface area (Å²) in [5.74, 6) is 1.48.